The van der Waals surface area contributed by atoms with Crippen molar-refractivity contribution in [1.82, 2.24) is 19.4 Å². The summed E-state index contributed by atoms with van der Waals surface area (Å²) in [6.45, 7) is 3.46. The second-order valence-corrected chi connectivity index (χ2v) is 10.2. The molecule has 1 amide bonds. The summed E-state index contributed by atoms with van der Waals surface area (Å²) in [6.07, 6.45) is 5.57. The van der Waals surface area contributed by atoms with Crippen LogP contribution < -0.4 is 16.2 Å². The van der Waals surface area contributed by atoms with Crippen molar-refractivity contribution in [2.75, 3.05) is 36.0 Å². The number of thioether (sulfide) groups is 1. The van der Waals surface area contributed by atoms with Crippen LogP contribution in [0.4, 0.5) is 11.4 Å². The van der Waals surface area contributed by atoms with E-state index >= 15 is 0 Å². The number of rotatable bonds is 4. The molecule has 1 fully saturated rings. The number of piperidine rings is 1. The predicted molar refractivity (Wildman–Crippen MR) is 130 cm³/mol. The van der Waals surface area contributed by atoms with Gasteiger partial charge in [-0.25, -0.2) is 4.98 Å². The highest BCUT2D eigenvalue weighted by Crippen LogP contribution is 2.37. The van der Waals surface area contributed by atoms with E-state index in [4.69, 9.17) is 11.6 Å². The molecule has 6 heterocycles. The number of aromatic nitrogens is 3. The molecule has 3 aliphatic rings. The monoisotopic (exact) mass is 482 g/mol. The van der Waals surface area contributed by atoms with Crippen molar-refractivity contribution in [3.8, 4) is 0 Å². The van der Waals surface area contributed by atoms with Crippen LogP contribution in [0.3, 0.4) is 0 Å². The maximum absolute atomic E-state index is 12.4. The van der Waals surface area contributed by atoms with E-state index in [-0.39, 0.29) is 17.4 Å². The van der Waals surface area contributed by atoms with Gasteiger partial charge in [0.1, 0.15) is 5.03 Å². The van der Waals surface area contributed by atoms with Gasteiger partial charge in [-0.15, -0.1) is 0 Å². The first-order valence-corrected chi connectivity index (χ1v) is 12.5. The minimum absolute atomic E-state index is 0.00599. The summed E-state index contributed by atoms with van der Waals surface area (Å²) in [5, 5.41) is 8.00. The number of pyridine rings is 3. The smallest absolute Gasteiger partial charge is 0.251 e. The molecular formula is C23H23ClN6O2S. The Kier molecular flexibility index (Phi) is 5.27. The second-order valence-electron chi connectivity index (χ2n) is 8.87. The lowest BCUT2D eigenvalue weighted by atomic mass is 9.98. The van der Waals surface area contributed by atoms with Crippen molar-refractivity contribution >= 4 is 51.7 Å². The van der Waals surface area contributed by atoms with Gasteiger partial charge in [0.25, 0.3) is 5.56 Å². The number of amides is 1. The molecule has 0 saturated carbocycles. The van der Waals surface area contributed by atoms with Gasteiger partial charge in [0.15, 0.2) is 0 Å². The summed E-state index contributed by atoms with van der Waals surface area (Å²) in [7, 11) is 0. The molecule has 10 heteroatoms. The summed E-state index contributed by atoms with van der Waals surface area (Å²) >= 11 is 8.00. The molecule has 3 aliphatic heterocycles. The number of fused-ring (bicyclic) bond motifs is 1. The quantitative estimate of drug-likeness (QED) is 0.590. The van der Waals surface area contributed by atoms with E-state index in [1.54, 1.807) is 18.3 Å². The molecule has 2 N–H and O–H groups in total. The zero-order valence-corrected chi connectivity index (χ0v) is 19.5. The molecule has 33 heavy (non-hydrogen) atoms. The zero-order valence-electron chi connectivity index (χ0n) is 17.9. The first-order chi connectivity index (χ1) is 16.0. The van der Waals surface area contributed by atoms with Crippen molar-refractivity contribution in [2.24, 2.45) is 0 Å². The lowest BCUT2D eigenvalue weighted by Gasteiger charge is -2.34. The summed E-state index contributed by atoms with van der Waals surface area (Å²) in [4.78, 5) is 35.4. The number of nitrogens with one attached hydrogen (secondary N) is 2. The Hall–Kier alpha value is -2.62. The largest absolute Gasteiger partial charge is 0.381 e. The van der Waals surface area contributed by atoms with Gasteiger partial charge >= 0.3 is 0 Å². The van der Waals surface area contributed by atoms with Crippen LogP contribution in [0, 0.1) is 0 Å². The number of carbonyl (C=O) groups excluding carboxylic acids is 1. The normalized spacial score (nSPS) is 20.6. The van der Waals surface area contributed by atoms with E-state index in [2.05, 4.69) is 25.5 Å². The molecule has 1 unspecified atom stereocenters. The number of likely N-dealkylation sites (tertiary alicyclic amines) is 1. The maximum Gasteiger partial charge on any atom is 0.251 e. The first-order valence-electron chi connectivity index (χ1n) is 11.1. The van der Waals surface area contributed by atoms with Crippen molar-refractivity contribution in [3.63, 3.8) is 0 Å². The third kappa shape index (κ3) is 3.88. The number of anilines is 2. The SMILES string of the molecule is O=C1CSc2ncc(NC3CCN(CC4Cn5c(=O)ccc6ncc(Cl)c4c65)CC3)cc2N1. The van der Waals surface area contributed by atoms with E-state index in [1.165, 1.54) is 11.8 Å². The Labute approximate surface area is 199 Å². The Morgan fingerprint density at radius 3 is 2.88 bits per heavy atom. The van der Waals surface area contributed by atoms with Crippen LogP contribution in [-0.2, 0) is 11.3 Å². The zero-order chi connectivity index (χ0) is 22.5. The molecule has 0 aromatic carbocycles. The number of carbonyl (C=O) groups is 1. The van der Waals surface area contributed by atoms with Crippen LogP contribution >= 0.6 is 23.4 Å². The average Bonchev–Trinajstić information content (AvgIpc) is 3.20. The highest BCUT2D eigenvalue weighted by atomic mass is 35.5. The molecule has 0 spiro atoms. The average molecular weight is 483 g/mol. The summed E-state index contributed by atoms with van der Waals surface area (Å²) < 4.78 is 1.82. The van der Waals surface area contributed by atoms with Gasteiger partial charge < -0.3 is 20.1 Å². The molecule has 0 bridgehead atoms. The van der Waals surface area contributed by atoms with Crippen LogP contribution in [0.5, 0.6) is 0 Å². The van der Waals surface area contributed by atoms with Crippen LogP contribution in [0.15, 0.2) is 40.4 Å². The Morgan fingerprint density at radius 1 is 1.18 bits per heavy atom. The van der Waals surface area contributed by atoms with Gasteiger partial charge in [0.2, 0.25) is 5.91 Å². The standard InChI is InChI=1S/C23H23ClN6O2S/c24-16-9-25-17-1-2-20(32)30-11-13(21(16)22(17)30)10-29-5-3-14(4-6-29)27-15-7-18-23(26-8-15)33-12-19(31)28-18/h1-2,7-9,13-14,27H,3-6,10-12H2,(H,28,31). The lowest BCUT2D eigenvalue weighted by molar-refractivity contribution is -0.113. The Bertz CT molecular complexity index is 1320. The minimum atomic E-state index is 0.00599. The van der Waals surface area contributed by atoms with E-state index in [9.17, 15) is 9.59 Å². The van der Waals surface area contributed by atoms with Crippen LogP contribution in [0.25, 0.3) is 11.0 Å². The van der Waals surface area contributed by atoms with E-state index in [0.717, 1.165) is 65.5 Å². The first kappa shape index (κ1) is 20.9. The van der Waals surface area contributed by atoms with Crippen LogP contribution in [0.2, 0.25) is 5.02 Å². The highest BCUT2D eigenvalue weighted by molar-refractivity contribution is 8.00. The second kappa shape index (κ2) is 8.30. The fourth-order valence-electron chi connectivity index (χ4n) is 5.16. The molecular weight excluding hydrogens is 460 g/mol. The molecule has 0 aliphatic carbocycles. The lowest BCUT2D eigenvalue weighted by Crippen LogP contribution is -2.41. The molecule has 1 saturated heterocycles. The molecule has 3 aromatic heterocycles. The fraction of sp³-hybridized carbons (Fsp3) is 0.391. The van der Waals surface area contributed by atoms with Crippen molar-refractivity contribution in [1.29, 1.82) is 0 Å². The van der Waals surface area contributed by atoms with Crippen molar-refractivity contribution in [3.05, 3.63) is 51.5 Å². The third-order valence-electron chi connectivity index (χ3n) is 6.71. The Balaban J connectivity index is 1.11. The molecule has 3 aromatic rings. The van der Waals surface area contributed by atoms with Gasteiger partial charge in [0, 0.05) is 56.0 Å². The van der Waals surface area contributed by atoms with E-state index in [0.29, 0.717) is 23.4 Å². The molecule has 0 radical (unpaired) electrons. The predicted octanol–water partition coefficient (Wildman–Crippen LogP) is 3.16. The van der Waals surface area contributed by atoms with Crippen LogP contribution in [0.1, 0.15) is 24.3 Å². The summed E-state index contributed by atoms with van der Waals surface area (Å²) in [5.41, 5.74) is 4.50. The minimum Gasteiger partial charge on any atom is -0.381 e. The van der Waals surface area contributed by atoms with Gasteiger partial charge in [-0.05, 0) is 25.0 Å². The number of hydrogen-bond donors (Lipinski definition) is 2. The number of nitrogens with zero attached hydrogens (tertiary/aromatic N) is 4. The topological polar surface area (TPSA) is 92.2 Å². The molecule has 170 valence electrons. The number of hydrogen-bond acceptors (Lipinski definition) is 7. The molecule has 6 rings (SSSR count). The molecule has 1 atom stereocenters. The fourth-order valence-corrected chi connectivity index (χ4v) is 6.18. The van der Waals surface area contributed by atoms with E-state index < -0.39 is 0 Å². The van der Waals surface area contributed by atoms with Gasteiger partial charge in [-0.3, -0.25) is 14.6 Å². The molecule has 8 nitrogen and oxygen atoms in total. The highest BCUT2D eigenvalue weighted by Gasteiger charge is 2.31. The Morgan fingerprint density at radius 2 is 2.03 bits per heavy atom. The van der Waals surface area contributed by atoms with Crippen LogP contribution in [-0.4, -0.2) is 56.8 Å². The van der Waals surface area contributed by atoms with Gasteiger partial charge in [-0.1, -0.05) is 23.4 Å². The van der Waals surface area contributed by atoms with E-state index in [1.807, 2.05) is 16.8 Å². The van der Waals surface area contributed by atoms with Gasteiger partial charge in [0.05, 0.1) is 39.4 Å². The summed E-state index contributed by atoms with van der Waals surface area (Å²) in [5.74, 6) is 0.624. The van der Waals surface area contributed by atoms with Crippen molar-refractivity contribution < 1.29 is 4.79 Å². The van der Waals surface area contributed by atoms with Gasteiger partial charge in [-0.2, -0.15) is 0 Å². The number of halogens is 1. The maximum atomic E-state index is 12.4. The third-order valence-corrected chi connectivity index (χ3v) is 8.01. The summed E-state index contributed by atoms with van der Waals surface area (Å²) in [6, 6.07) is 5.70. The van der Waals surface area contributed by atoms with Crippen molar-refractivity contribution in [2.45, 2.75) is 36.4 Å².